The predicted octanol–water partition coefficient (Wildman–Crippen LogP) is 2.77. The number of halogens is 3. The lowest BCUT2D eigenvalue weighted by molar-refractivity contribution is -0.139. The van der Waals surface area contributed by atoms with Gasteiger partial charge in [-0.05, 0) is 37.0 Å². The summed E-state index contributed by atoms with van der Waals surface area (Å²) in [7, 11) is 0. The van der Waals surface area contributed by atoms with Crippen LogP contribution in [0.5, 0.6) is 0 Å². The Morgan fingerprint density at radius 2 is 1.96 bits per heavy atom. The predicted molar refractivity (Wildman–Crippen MR) is 80.1 cm³/mol. The van der Waals surface area contributed by atoms with Gasteiger partial charge in [0, 0.05) is 25.7 Å². The number of hydrogen-bond acceptors (Lipinski definition) is 3. The van der Waals surface area contributed by atoms with Gasteiger partial charge in [0.25, 0.3) is 0 Å². The molecule has 7 heteroatoms. The largest absolute Gasteiger partial charge is 0.416 e. The van der Waals surface area contributed by atoms with Crippen LogP contribution in [0.2, 0.25) is 0 Å². The molecule has 0 saturated carbocycles. The van der Waals surface area contributed by atoms with Crippen molar-refractivity contribution in [2.75, 3.05) is 19.8 Å². The number of benzene rings is 1. The lowest BCUT2D eigenvalue weighted by atomic mass is 9.96. The smallest absolute Gasteiger partial charge is 0.391 e. The van der Waals surface area contributed by atoms with E-state index in [4.69, 9.17) is 4.74 Å². The standard InChI is InChI=1S/C17H20F3NO3/c18-17(19,20)13-3-1-2-12(8-13)15-9-14(22)10-21(15)16(23)11-4-6-24-7-5-11/h1-3,8,11,14-15,22H,4-7,9-10H2/t14-,15-/m1/s1. The van der Waals surface area contributed by atoms with Gasteiger partial charge in [-0.1, -0.05) is 12.1 Å². The minimum atomic E-state index is -4.43. The molecule has 2 aliphatic heterocycles. The quantitative estimate of drug-likeness (QED) is 0.898. The summed E-state index contributed by atoms with van der Waals surface area (Å²) in [4.78, 5) is 14.3. The zero-order valence-corrected chi connectivity index (χ0v) is 13.1. The van der Waals surface area contributed by atoms with Crippen LogP contribution in [0.4, 0.5) is 13.2 Å². The van der Waals surface area contributed by atoms with Crippen molar-refractivity contribution in [1.29, 1.82) is 0 Å². The number of nitrogens with zero attached hydrogens (tertiary/aromatic N) is 1. The maximum Gasteiger partial charge on any atom is 0.416 e. The molecule has 0 radical (unpaired) electrons. The molecule has 4 nitrogen and oxygen atoms in total. The van der Waals surface area contributed by atoms with E-state index in [1.54, 1.807) is 6.07 Å². The number of carbonyl (C=O) groups is 1. The number of ether oxygens (including phenoxy) is 1. The molecule has 0 aromatic heterocycles. The van der Waals surface area contributed by atoms with Crippen LogP contribution >= 0.6 is 0 Å². The number of rotatable bonds is 2. The van der Waals surface area contributed by atoms with Crippen LogP contribution in [-0.4, -0.2) is 41.8 Å². The van der Waals surface area contributed by atoms with E-state index in [0.717, 1.165) is 12.1 Å². The average Bonchev–Trinajstić information content (AvgIpc) is 2.96. The first-order valence-electron chi connectivity index (χ1n) is 8.09. The Labute approximate surface area is 138 Å². The third-order valence-electron chi connectivity index (χ3n) is 4.73. The number of aliphatic hydroxyl groups excluding tert-OH is 1. The van der Waals surface area contributed by atoms with Crippen LogP contribution < -0.4 is 0 Å². The summed E-state index contributed by atoms with van der Waals surface area (Å²) in [6, 6.07) is 4.51. The first-order valence-corrected chi connectivity index (χ1v) is 8.09. The molecule has 2 aliphatic rings. The van der Waals surface area contributed by atoms with Gasteiger partial charge in [0.1, 0.15) is 0 Å². The summed E-state index contributed by atoms with van der Waals surface area (Å²) >= 11 is 0. The molecular formula is C17H20F3NO3. The number of β-amino-alcohol motifs (C(OH)–C–C–N with tert-alkyl or cyclic N) is 1. The number of aliphatic hydroxyl groups is 1. The Hall–Kier alpha value is -1.60. The van der Waals surface area contributed by atoms with Gasteiger partial charge in [0.15, 0.2) is 0 Å². The van der Waals surface area contributed by atoms with Crippen molar-refractivity contribution in [1.82, 2.24) is 4.90 Å². The fourth-order valence-corrected chi connectivity index (χ4v) is 3.47. The van der Waals surface area contributed by atoms with Gasteiger partial charge >= 0.3 is 6.18 Å². The minimum Gasteiger partial charge on any atom is -0.391 e. The number of alkyl halides is 3. The van der Waals surface area contributed by atoms with Gasteiger partial charge in [-0.3, -0.25) is 4.79 Å². The van der Waals surface area contributed by atoms with E-state index in [1.807, 2.05) is 0 Å². The maximum absolute atomic E-state index is 12.9. The second-order valence-corrected chi connectivity index (χ2v) is 6.41. The maximum atomic E-state index is 12.9. The Bertz CT molecular complexity index is 599. The van der Waals surface area contributed by atoms with Gasteiger partial charge in [0.05, 0.1) is 17.7 Å². The van der Waals surface area contributed by atoms with Crippen molar-refractivity contribution < 1.29 is 27.8 Å². The van der Waals surface area contributed by atoms with Crippen molar-refractivity contribution in [2.24, 2.45) is 5.92 Å². The fraction of sp³-hybridized carbons (Fsp3) is 0.588. The second-order valence-electron chi connectivity index (χ2n) is 6.41. The van der Waals surface area contributed by atoms with E-state index < -0.39 is 23.9 Å². The van der Waals surface area contributed by atoms with Gasteiger partial charge in [-0.2, -0.15) is 13.2 Å². The molecule has 132 valence electrons. The molecule has 1 N–H and O–H groups in total. The molecule has 2 heterocycles. The molecule has 0 bridgehead atoms. The second kappa shape index (κ2) is 6.72. The lowest BCUT2D eigenvalue weighted by Gasteiger charge is -2.31. The molecule has 0 spiro atoms. The molecule has 2 fully saturated rings. The van der Waals surface area contributed by atoms with E-state index in [9.17, 15) is 23.1 Å². The molecule has 1 amide bonds. The summed E-state index contributed by atoms with van der Waals surface area (Å²) < 4.78 is 44.1. The third-order valence-corrected chi connectivity index (χ3v) is 4.73. The third kappa shape index (κ3) is 3.57. The van der Waals surface area contributed by atoms with Gasteiger partial charge in [-0.15, -0.1) is 0 Å². The zero-order valence-electron chi connectivity index (χ0n) is 13.1. The molecule has 1 aromatic rings. The van der Waals surface area contributed by atoms with Crippen LogP contribution in [0.3, 0.4) is 0 Å². The number of hydrogen-bond donors (Lipinski definition) is 1. The number of amides is 1. The van der Waals surface area contributed by atoms with Crippen molar-refractivity contribution >= 4 is 5.91 Å². The van der Waals surface area contributed by atoms with E-state index in [0.29, 0.717) is 31.6 Å². The average molecular weight is 343 g/mol. The van der Waals surface area contributed by atoms with E-state index >= 15 is 0 Å². The highest BCUT2D eigenvalue weighted by Gasteiger charge is 2.39. The summed E-state index contributed by atoms with van der Waals surface area (Å²) in [6.45, 7) is 1.19. The van der Waals surface area contributed by atoms with Crippen LogP contribution in [-0.2, 0) is 15.7 Å². The Balaban J connectivity index is 1.84. The molecule has 0 unspecified atom stereocenters. The van der Waals surface area contributed by atoms with E-state index in [-0.39, 0.29) is 24.8 Å². The molecule has 3 rings (SSSR count). The van der Waals surface area contributed by atoms with E-state index in [2.05, 4.69) is 0 Å². The van der Waals surface area contributed by atoms with Gasteiger partial charge < -0.3 is 14.7 Å². The van der Waals surface area contributed by atoms with Crippen LogP contribution in [0.15, 0.2) is 24.3 Å². The Morgan fingerprint density at radius 3 is 2.62 bits per heavy atom. The summed E-state index contributed by atoms with van der Waals surface area (Å²) in [5, 5.41) is 9.97. The van der Waals surface area contributed by atoms with E-state index in [1.165, 1.54) is 11.0 Å². The van der Waals surface area contributed by atoms with Gasteiger partial charge in [-0.25, -0.2) is 0 Å². The fourth-order valence-electron chi connectivity index (χ4n) is 3.47. The molecule has 24 heavy (non-hydrogen) atoms. The highest BCUT2D eigenvalue weighted by molar-refractivity contribution is 5.80. The first kappa shape index (κ1) is 17.2. The van der Waals surface area contributed by atoms with Crippen molar-refractivity contribution in [3.05, 3.63) is 35.4 Å². The lowest BCUT2D eigenvalue weighted by Crippen LogP contribution is -2.38. The highest BCUT2D eigenvalue weighted by atomic mass is 19.4. The van der Waals surface area contributed by atoms with Crippen LogP contribution in [0.25, 0.3) is 0 Å². The number of carbonyl (C=O) groups excluding carboxylic acids is 1. The minimum absolute atomic E-state index is 0.0998. The first-order chi connectivity index (χ1) is 11.4. The van der Waals surface area contributed by atoms with Crippen molar-refractivity contribution in [2.45, 2.75) is 37.6 Å². The molecule has 2 atom stereocenters. The van der Waals surface area contributed by atoms with Crippen molar-refractivity contribution in [3.63, 3.8) is 0 Å². The monoisotopic (exact) mass is 343 g/mol. The summed E-state index contributed by atoms with van der Waals surface area (Å²) in [5.41, 5.74) is -0.318. The molecule has 1 aromatic carbocycles. The highest BCUT2D eigenvalue weighted by Crippen LogP contribution is 2.37. The zero-order chi connectivity index (χ0) is 17.3. The SMILES string of the molecule is O=C(C1CCOCC1)N1C[C@H](O)C[C@@H]1c1cccc(C(F)(F)F)c1. The van der Waals surface area contributed by atoms with Gasteiger partial charge in [0.2, 0.25) is 5.91 Å². The Kier molecular flexibility index (Phi) is 4.83. The number of likely N-dealkylation sites (tertiary alicyclic amines) is 1. The summed E-state index contributed by atoms with van der Waals surface area (Å²) in [5.74, 6) is -0.283. The topological polar surface area (TPSA) is 49.8 Å². The van der Waals surface area contributed by atoms with Crippen molar-refractivity contribution in [3.8, 4) is 0 Å². The molecule has 0 aliphatic carbocycles. The summed E-state index contributed by atoms with van der Waals surface area (Å²) in [6.07, 6.45) is -3.66. The van der Waals surface area contributed by atoms with Crippen LogP contribution in [0.1, 0.15) is 36.4 Å². The Morgan fingerprint density at radius 1 is 1.25 bits per heavy atom. The van der Waals surface area contributed by atoms with Crippen LogP contribution in [0, 0.1) is 5.92 Å². The molecule has 2 saturated heterocycles. The molecular weight excluding hydrogens is 323 g/mol. The normalized spacial score (nSPS) is 25.9.